The minimum absolute atomic E-state index is 0.241. The van der Waals surface area contributed by atoms with Crippen molar-refractivity contribution in [1.82, 2.24) is 9.97 Å². The second-order valence-electron chi connectivity index (χ2n) is 6.71. The Hall–Kier alpha value is -1.85. The van der Waals surface area contributed by atoms with Crippen molar-refractivity contribution in [2.45, 2.75) is 43.7 Å². The summed E-state index contributed by atoms with van der Waals surface area (Å²) in [4.78, 5) is 8.58. The summed E-state index contributed by atoms with van der Waals surface area (Å²) in [6.07, 6.45) is 9.69. The topological polar surface area (TPSA) is 56.3 Å². The van der Waals surface area contributed by atoms with Gasteiger partial charge in [-0.3, -0.25) is 4.98 Å². The highest BCUT2D eigenvalue weighted by Crippen LogP contribution is 2.36. The van der Waals surface area contributed by atoms with E-state index in [-0.39, 0.29) is 6.10 Å². The molecule has 5 nitrogen and oxygen atoms in total. The molecule has 0 atom stereocenters. The van der Waals surface area contributed by atoms with Crippen LogP contribution in [-0.4, -0.2) is 35.3 Å². The van der Waals surface area contributed by atoms with Gasteiger partial charge >= 0.3 is 0 Å². The second kappa shape index (κ2) is 7.58. The molecule has 1 saturated carbocycles. The quantitative estimate of drug-likeness (QED) is 0.872. The Morgan fingerprint density at radius 3 is 2.72 bits per heavy atom. The second-order valence-corrected chi connectivity index (χ2v) is 7.15. The summed E-state index contributed by atoms with van der Waals surface area (Å²) >= 11 is 5.87. The average molecular weight is 360 g/mol. The molecule has 132 valence electrons. The van der Waals surface area contributed by atoms with Crippen molar-refractivity contribution in [3.05, 3.63) is 47.4 Å². The Bertz CT molecular complexity index is 698. The first kappa shape index (κ1) is 16.6. The lowest BCUT2D eigenvalue weighted by Crippen LogP contribution is -2.42. The molecule has 3 heterocycles. The van der Waals surface area contributed by atoms with Gasteiger partial charge in [0.25, 0.3) is 0 Å². The first-order valence-corrected chi connectivity index (χ1v) is 9.22. The van der Waals surface area contributed by atoms with E-state index in [9.17, 15) is 0 Å². The van der Waals surface area contributed by atoms with Gasteiger partial charge in [-0.15, -0.1) is 0 Å². The van der Waals surface area contributed by atoms with Gasteiger partial charge in [0.1, 0.15) is 17.7 Å². The van der Waals surface area contributed by atoms with Gasteiger partial charge in [0, 0.05) is 56.3 Å². The fourth-order valence-corrected chi connectivity index (χ4v) is 3.56. The third-order valence-electron chi connectivity index (χ3n) is 4.94. The van der Waals surface area contributed by atoms with Crippen molar-refractivity contribution in [3.8, 4) is 5.75 Å². The van der Waals surface area contributed by atoms with E-state index in [4.69, 9.17) is 21.1 Å². The molecule has 2 fully saturated rings. The molecule has 0 amide bonds. The van der Waals surface area contributed by atoms with Crippen LogP contribution in [0.1, 0.15) is 37.2 Å². The summed E-state index contributed by atoms with van der Waals surface area (Å²) in [6, 6.07) is 6.14. The maximum atomic E-state index is 6.26. The van der Waals surface area contributed by atoms with Gasteiger partial charge in [-0.1, -0.05) is 11.6 Å². The first-order valence-electron chi connectivity index (χ1n) is 8.84. The van der Waals surface area contributed by atoms with Crippen LogP contribution in [0, 0.1) is 0 Å². The molecule has 6 heteroatoms. The number of anilines is 1. The van der Waals surface area contributed by atoms with Gasteiger partial charge < -0.3 is 14.8 Å². The molecule has 0 unspecified atom stereocenters. The molecule has 0 bridgehead atoms. The lowest BCUT2D eigenvalue weighted by molar-refractivity contribution is 0.0806. The van der Waals surface area contributed by atoms with Crippen LogP contribution in [0.25, 0.3) is 0 Å². The molecule has 2 aromatic rings. The fraction of sp³-hybridized carbons (Fsp3) is 0.474. The predicted molar refractivity (Wildman–Crippen MR) is 97.3 cm³/mol. The number of rotatable bonds is 5. The van der Waals surface area contributed by atoms with E-state index in [1.165, 1.54) is 5.56 Å². The van der Waals surface area contributed by atoms with Crippen LogP contribution in [0.2, 0.25) is 5.02 Å². The molecular weight excluding hydrogens is 338 g/mol. The van der Waals surface area contributed by atoms with E-state index in [2.05, 4.69) is 15.3 Å². The number of nitrogens with zero attached hydrogens (tertiary/aromatic N) is 2. The van der Waals surface area contributed by atoms with E-state index in [0.29, 0.717) is 17.0 Å². The molecule has 0 aromatic carbocycles. The number of hydrogen-bond acceptors (Lipinski definition) is 5. The molecule has 1 aliphatic heterocycles. The zero-order valence-corrected chi connectivity index (χ0v) is 14.8. The molecule has 0 spiro atoms. The summed E-state index contributed by atoms with van der Waals surface area (Å²) in [7, 11) is 0. The van der Waals surface area contributed by atoms with Gasteiger partial charge in [0.2, 0.25) is 0 Å². The van der Waals surface area contributed by atoms with Crippen molar-refractivity contribution < 1.29 is 9.47 Å². The van der Waals surface area contributed by atoms with Crippen LogP contribution in [0.4, 0.5) is 5.82 Å². The molecule has 1 saturated heterocycles. The minimum atomic E-state index is 0.241. The van der Waals surface area contributed by atoms with Gasteiger partial charge in [0.15, 0.2) is 0 Å². The summed E-state index contributed by atoms with van der Waals surface area (Å²) in [5.41, 5.74) is 1.22. The van der Waals surface area contributed by atoms with Crippen LogP contribution in [0.15, 0.2) is 36.8 Å². The molecular formula is C19H22ClN3O2. The molecule has 1 N–H and O–H groups in total. The normalized spacial score (nSPS) is 23.7. The van der Waals surface area contributed by atoms with E-state index >= 15 is 0 Å². The van der Waals surface area contributed by atoms with Crippen LogP contribution >= 0.6 is 11.6 Å². The van der Waals surface area contributed by atoms with E-state index in [0.717, 1.165) is 50.5 Å². The van der Waals surface area contributed by atoms with E-state index in [1.54, 1.807) is 6.20 Å². The molecule has 25 heavy (non-hydrogen) atoms. The van der Waals surface area contributed by atoms with Crippen molar-refractivity contribution in [3.63, 3.8) is 0 Å². The number of hydrogen-bond donors (Lipinski definition) is 1. The Kier molecular flexibility index (Phi) is 5.04. The number of halogens is 1. The summed E-state index contributed by atoms with van der Waals surface area (Å²) in [5.74, 6) is 2.33. The first-order chi connectivity index (χ1) is 12.3. The Morgan fingerprint density at radius 2 is 1.96 bits per heavy atom. The highest BCUT2D eigenvalue weighted by atomic mass is 35.5. The zero-order valence-electron chi connectivity index (χ0n) is 14.0. The van der Waals surface area contributed by atoms with Crippen molar-refractivity contribution >= 4 is 17.4 Å². The SMILES string of the molecule is Clc1ccc(NC2CC(Oc3ccncc3C3CCOCC3)C2)nc1. The third-order valence-corrected chi connectivity index (χ3v) is 5.16. The number of aromatic nitrogens is 2. The fourth-order valence-electron chi connectivity index (χ4n) is 3.45. The highest BCUT2D eigenvalue weighted by molar-refractivity contribution is 6.30. The van der Waals surface area contributed by atoms with Gasteiger partial charge in [0.05, 0.1) is 5.02 Å². The summed E-state index contributed by atoms with van der Waals surface area (Å²) < 4.78 is 11.7. The largest absolute Gasteiger partial charge is 0.490 e. The van der Waals surface area contributed by atoms with Crippen molar-refractivity contribution in [2.75, 3.05) is 18.5 Å². The number of nitrogens with one attached hydrogen (secondary N) is 1. The smallest absolute Gasteiger partial charge is 0.126 e. The van der Waals surface area contributed by atoms with Gasteiger partial charge in [-0.05, 0) is 37.0 Å². The summed E-state index contributed by atoms with van der Waals surface area (Å²) in [6.45, 7) is 1.64. The monoisotopic (exact) mass is 359 g/mol. The van der Waals surface area contributed by atoms with E-state index < -0.39 is 0 Å². The molecule has 1 aliphatic carbocycles. The van der Waals surface area contributed by atoms with Crippen LogP contribution in [0.5, 0.6) is 5.75 Å². The Balaban J connectivity index is 1.33. The van der Waals surface area contributed by atoms with Gasteiger partial charge in [-0.2, -0.15) is 0 Å². The van der Waals surface area contributed by atoms with Crippen LogP contribution < -0.4 is 10.1 Å². The van der Waals surface area contributed by atoms with E-state index in [1.807, 2.05) is 30.6 Å². The Morgan fingerprint density at radius 1 is 1.12 bits per heavy atom. The van der Waals surface area contributed by atoms with Gasteiger partial charge in [-0.25, -0.2) is 4.98 Å². The number of ether oxygens (including phenoxy) is 2. The summed E-state index contributed by atoms with van der Waals surface area (Å²) in [5, 5.41) is 4.07. The lowest BCUT2D eigenvalue weighted by Gasteiger charge is -2.37. The molecule has 2 aromatic heterocycles. The van der Waals surface area contributed by atoms with Crippen molar-refractivity contribution in [2.24, 2.45) is 0 Å². The van der Waals surface area contributed by atoms with Crippen LogP contribution in [0.3, 0.4) is 0 Å². The van der Waals surface area contributed by atoms with Crippen LogP contribution in [-0.2, 0) is 4.74 Å². The maximum Gasteiger partial charge on any atom is 0.126 e. The highest BCUT2D eigenvalue weighted by Gasteiger charge is 2.32. The molecule has 4 rings (SSSR count). The molecule has 0 radical (unpaired) electrons. The zero-order chi connectivity index (χ0) is 17.1. The standard InChI is InChI=1S/C19H22ClN3O2/c20-14-1-2-19(22-11-14)23-15-9-16(10-15)25-18-3-6-21-12-17(18)13-4-7-24-8-5-13/h1-3,6,11-13,15-16H,4-5,7-10H2,(H,22,23). The predicted octanol–water partition coefficient (Wildman–Crippen LogP) is 4.05. The lowest BCUT2D eigenvalue weighted by atomic mass is 9.88. The minimum Gasteiger partial charge on any atom is -0.490 e. The number of pyridine rings is 2. The Labute approximate surface area is 152 Å². The maximum absolute atomic E-state index is 6.26. The molecule has 2 aliphatic rings. The van der Waals surface area contributed by atoms with Crippen molar-refractivity contribution in [1.29, 1.82) is 0 Å². The third kappa shape index (κ3) is 4.05. The average Bonchev–Trinajstić information content (AvgIpc) is 2.63.